The van der Waals surface area contributed by atoms with E-state index in [9.17, 15) is 0 Å². The van der Waals surface area contributed by atoms with Crippen molar-refractivity contribution in [1.29, 1.82) is 0 Å². The number of rotatable bonds is 40. The molecule has 45 heavy (non-hydrogen) atoms. The summed E-state index contributed by atoms with van der Waals surface area (Å²) >= 11 is 0. The first kappa shape index (κ1) is 45.4. The van der Waals surface area contributed by atoms with Crippen LogP contribution < -0.4 is 0 Å². The average Bonchev–Trinajstić information content (AvgIpc) is 3.05. The second-order valence-corrected chi connectivity index (χ2v) is 20.8. The zero-order valence-corrected chi connectivity index (χ0v) is 33.8. The third-order valence-electron chi connectivity index (χ3n) is 11.2. The number of unbranched alkanes of at least 4 members (excludes halogenated alkanes) is 32. The van der Waals surface area contributed by atoms with Gasteiger partial charge in [0.15, 0.2) is 0 Å². The molecule has 0 aromatic carbocycles. The van der Waals surface area contributed by atoms with Crippen LogP contribution in [0.3, 0.4) is 0 Å². The van der Waals surface area contributed by atoms with Gasteiger partial charge in [0, 0.05) is 0 Å². The van der Waals surface area contributed by atoms with Crippen molar-refractivity contribution in [1.82, 2.24) is 0 Å². The Labute approximate surface area is 290 Å². The van der Waals surface area contributed by atoms with Gasteiger partial charge in [0.25, 0.3) is 0 Å². The molecule has 0 unspecified atom stereocenters. The van der Waals surface area contributed by atoms with Crippen molar-refractivity contribution in [3.05, 3.63) is 0 Å². The van der Waals surface area contributed by atoms with Crippen molar-refractivity contribution in [2.24, 2.45) is 0 Å². The van der Waals surface area contributed by atoms with E-state index in [4.69, 9.17) is 0 Å². The molecule has 0 radical (unpaired) electrons. The quantitative estimate of drug-likeness (QED) is 0.0456. The van der Waals surface area contributed by atoms with Crippen LogP contribution in [-0.4, -0.2) is 24.6 Å². The van der Waals surface area contributed by atoms with Gasteiger partial charge < -0.3 is 0 Å². The van der Waals surface area contributed by atoms with Crippen LogP contribution in [0.1, 0.15) is 259 Å². The molecule has 274 valence electrons. The van der Waals surface area contributed by atoms with E-state index in [2.05, 4.69) is 27.7 Å². The van der Waals surface area contributed by atoms with Gasteiger partial charge in [-0.1, -0.05) is 0 Å². The molecule has 0 aromatic heterocycles. The van der Waals surface area contributed by atoms with Crippen molar-refractivity contribution in [2.75, 3.05) is 24.6 Å². The number of hydrogen-bond donors (Lipinski definition) is 0. The Morgan fingerprint density at radius 2 is 0.311 bits per heavy atom. The first-order chi connectivity index (χ1) is 22.2. The van der Waals surface area contributed by atoms with Crippen molar-refractivity contribution in [3.63, 3.8) is 0 Å². The van der Waals surface area contributed by atoms with E-state index in [1.165, 1.54) is 205 Å². The van der Waals surface area contributed by atoms with Crippen LogP contribution in [0.5, 0.6) is 0 Å². The van der Waals surface area contributed by atoms with E-state index in [1.807, 2.05) is 0 Å². The molecule has 0 atom stereocenters. The summed E-state index contributed by atoms with van der Waals surface area (Å²) in [6.45, 7) is 9.37. The summed E-state index contributed by atoms with van der Waals surface area (Å²) < 4.78 is 0. The molecule has 0 spiro atoms. The Kier molecular flexibility index (Phi) is 39.2. The van der Waals surface area contributed by atoms with Gasteiger partial charge in [0.1, 0.15) is 0 Å². The van der Waals surface area contributed by atoms with Crippen molar-refractivity contribution in [3.8, 4) is 0 Å². The van der Waals surface area contributed by atoms with Gasteiger partial charge in [-0.05, 0) is 0 Å². The summed E-state index contributed by atoms with van der Waals surface area (Å²) in [5.41, 5.74) is 0. The topological polar surface area (TPSA) is 0 Å². The maximum absolute atomic E-state index is 2.34. The molecule has 1 heteroatoms. The molecule has 0 amide bonds. The Morgan fingerprint density at radius 1 is 0.178 bits per heavy atom. The summed E-state index contributed by atoms with van der Waals surface area (Å²) in [4.78, 5) is 0. The van der Waals surface area contributed by atoms with Gasteiger partial charge >= 0.3 is 291 Å². The van der Waals surface area contributed by atoms with Crippen LogP contribution in [0.2, 0.25) is 0 Å². The summed E-state index contributed by atoms with van der Waals surface area (Å²) in [6.07, 6.45) is 60.5. The first-order valence-electron chi connectivity index (χ1n) is 22.2. The Morgan fingerprint density at radius 3 is 0.467 bits per heavy atom. The second-order valence-electron chi connectivity index (χ2n) is 15.8. The molecule has 0 nitrogen and oxygen atoms in total. The molecule has 0 bridgehead atoms. The van der Waals surface area contributed by atoms with Crippen molar-refractivity contribution < 1.29 is 0 Å². The molecular weight excluding hydrogens is 559 g/mol. The monoisotopic (exact) mass is 653 g/mol. The number of hydrogen-bond acceptors (Lipinski definition) is 0. The zero-order chi connectivity index (χ0) is 32.8. The Bertz CT molecular complexity index is 420. The van der Waals surface area contributed by atoms with E-state index in [1.54, 1.807) is 50.3 Å². The van der Waals surface area contributed by atoms with Gasteiger partial charge in [0.05, 0.1) is 0 Å². The van der Waals surface area contributed by atoms with E-state index in [0.29, 0.717) is 0 Å². The van der Waals surface area contributed by atoms with Gasteiger partial charge in [-0.25, -0.2) is 0 Å². The third-order valence-corrected chi connectivity index (χ3v) is 16.9. The molecule has 0 aliphatic rings. The molecular formula is C44H93P. The zero-order valence-electron chi connectivity index (χ0n) is 32.8. The third kappa shape index (κ3) is 34.1. The predicted molar refractivity (Wildman–Crippen MR) is 217 cm³/mol. The molecule has 0 aliphatic heterocycles. The molecule has 0 fully saturated rings. The van der Waals surface area contributed by atoms with Crippen molar-refractivity contribution >= 4 is 7.26 Å². The minimum absolute atomic E-state index is 1.14. The van der Waals surface area contributed by atoms with Crippen LogP contribution in [0.15, 0.2) is 0 Å². The average molecular weight is 653 g/mol. The fraction of sp³-hybridized carbons (Fsp3) is 1.00. The van der Waals surface area contributed by atoms with Crippen LogP contribution in [0.25, 0.3) is 0 Å². The molecule has 0 heterocycles. The predicted octanol–water partition coefficient (Wildman–Crippen LogP) is 16.9. The molecule has 0 aromatic rings. The Hall–Kier alpha value is 0.430. The van der Waals surface area contributed by atoms with Gasteiger partial charge in [-0.3, -0.25) is 0 Å². The first-order valence-corrected chi connectivity index (χ1v) is 25.1. The Balaban J connectivity index is 4.84. The fourth-order valence-corrected chi connectivity index (χ4v) is 13.5. The van der Waals surface area contributed by atoms with E-state index < -0.39 is 7.26 Å². The van der Waals surface area contributed by atoms with Gasteiger partial charge in [0.2, 0.25) is 0 Å². The maximum atomic E-state index is 2.34. The molecule has 0 saturated carbocycles. The van der Waals surface area contributed by atoms with Crippen LogP contribution in [-0.2, 0) is 0 Å². The van der Waals surface area contributed by atoms with Gasteiger partial charge in [-0.2, -0.15) is 0 Å². The van der Waals surface area contributed by atoms with Crippen LogP contribution >= 0.6 is 7.26 Å². The van der Waals surface area contributed by atoms with E-state index in [-0.39, 0.29) is 0 Å². The van der Waals surface area contributed by atoms with Crippen LogP contribution in [0.4, 0.5) is 0 Å². The summed E-state index contributed by atoms with van der Waals surface area (Å²) in [6, 6.07) is 0. The van der Waals surface area contributed by atoms with Gasteiger partial charge in [-0.15, -0.1) is 0 Å². The molecule has 0 N–H and O–H groups in total. The minimum atomic E-state index is -1.14. The van der Waals surface area contributed by atoms with Crippen LogP contribution in [0, 0.1) is 0 Å². The summed E-state index contributed by atoms with van der Waals surface area (Å²) in [5, 5.41) is 0. The standard InChI is InChI=1S/C44H93P/c1-5-9-13-17-21-25-29-33-37-41-45(42-38-34-30-26-22-18-14-10-6-2,43-39-35-31-27-23-19-15-11-7-3)44-40-36-32-28-24-20-16-12-8-4/h45H,5-44H2,1-4H3. The molecule has 0 saturated heterocycles. The van der Waals surface area contributed by atoms with Crippen molar-refractivity contribution in [2.45, 2.75) is 259 Å². The summed E-state index contributed by atoms with van der Waals surface area (Å²) in [7, 11) is -1.14. The molecule has 0 aliphatic carbocycles. The van der Waals surface area contributed by atoms with E-state index >= 15 is 0 Å². The van der Waals surface area contributed by atoms with E-state index in [0.717, 1.165) is 0 Å². The fourth-order valence-electron chi connectivity index (χ4n) is 7.99. The SMILES string of the molecule is CCCCCCCCCCC[PH](CCCCCCCCCCC)(CCCCCCCCCCC)CCCCCCCCCCC. The summed E-state index contributed by atoms with van der Waals surface area (Å²) in [5.74, 6) is 0. The normalized spacial score (nSPS) is 12.4. The second kappa shape index (κ2) is 38.9. The molecule has 0 rings (SSSR count).